The second kappa shape index (κ2) is 8.13. The molecule has 0 aliphatic heterocycles. The first-order valence-corrected chi connectivity index (χ1v) is 11.6. The molecule has 164 valence electrons. The van der Waals surface area contributed by atoms with Crippen LogP contribution in [0.5, 0.6) is 0 Å². The van der Waals surface area contributed by atoms with Gasteiger partial charge in [-0.05, 0) is 73.8 Å². The number of carbonyl (C=O) groups is 2. The normalized spacial score (nSPS) is 28.5. The molecule has 0 unspecified atom stereocenters. The molecule has 0 atom stereocenters. The van der Waals surface area contributed by atoms with Crippen LogP contribution in [0.3, 0.4) is 0 Å². The fourth-order valence-electron chi connectivity index (χ4n) is 6.74. The molecule has 6 nitrogen and oxygen atoms in total. The molecule has 2 amide bonds. The van der Waals surface area contributed by atoms with Crippen LogP contribution in [0.15, 0.2) is 42.7 Å². The molecule has 0 radical (unpaired) electrons. The zero-order chi connectivity index (χ0) is 21.4. The number of nitrogens with one attached hydrogen (secondary N) is 1. The zero-order valence-electron chi connectivity index (χ0n) is 18.3. The van der Waals surface area contributed by atoms with Crippen molar-refractivity contribution in [1.82, 2.24) is 20.0 Å². The van der Waals surface area contributed by atoms with Crippen LogP contribution in [-0.4, -0.2) is 40.1 Å². The number of aromatic nitrogens is 2. The molecule has 6 rings (SSSR count). The fourth-order valence-corrected chi connectivity index (χ4v) is 6.74. The van der Waals surface area contributed by atoms with E-state index in [2.05, 4.69) is 10.4 Å². The lowest BCUT2D eigenvalue weighted by atomic mass is 9.49. The van der Waals surface area contributed by atoms with Crippen molar-refractivity contribution < 1.29 is 9.59 Å². The monoisotopic (exact) mass is 420 g/mol. The van der Waals surface area contributed by atoms with E-state index >= 15 is 0 Å². The van der Waals surface area contributed by atoms with Gasteiger partial charge in [0.15, 0.2) is 0 Å². The van der Waals surface area contributed by atoms with Gasteiger partial charge in [-0.25, -0.2) is 4.68 Å². The second-order valence-electron chi connectivity index (χ2n) is 10.2. The highest BCUT2D eigenvalue weighted by Crippen LogP contribution is 2.61. The van der Waals surface area contributed by atoms with Crippen molar-refractivity contribution >= 4 is 11.8 Å². The van der Waals surface area contributed by atoms with E-state index in [0.29, 0.717) is 13.0 Å². The van der Waals surface area contributed by atoms with Crippen LogP contribution in [0, 0.1) is 23.2 Å². The minimum Gasteiger partial charge on any atom is -0.347 e. The number of nitrogens with zero attached hydrogens (tertiary/aromatic N) is 3. The largest absolute Gasteiger partial charge is 0.347 e. The van der Waals surface area contributed by atoms with Crippen molar-refractivity contribution in [3.63, 3.8) is 0 Å². The van der Waals surface area contributed by atoms with Gasteiger partial charge in [0.2, 0.25) is 11.8 Å². The molecule has 2 aromatic rings. The van der Waals surface area contributed by atoms with Gasteiger partial charge in [0.1, 0.15) is 0 Å². The third-order valence-corrected chi connectivity index (χ3v) is 7.64. The number of hydrogen-bond donors (Lipinski definition) is 1. The van der Waals surface area contributed by atoms with Crippen LogP contribution in [0.1, 0.15) is 50.5 Å². The van der Waals surface area contributed by atoms with E-state index in [1.54, 1.807) is 22.8 Å². The molecule has 1 aromatic carbocycles. The van der Waals surface area contributed by atoms with Gasteiger partial charge in [0.05, 0.1) is 18.4 Å². The Labute approximate surface area is 184 Å². The Morgan fingerprint density at radius 3 is 2.39 bits per heavy atom. The van der Waals surface area contributed by atoms with Crippen LogP contribution in [0.25, 0.3) is 5.69 Å². The molecule has 4 aliphatic rings. The zero-order valence-corrected chi connectivity index (χ0v) is 18.3. The Bertz CT molecular complexity index is 916. The summed E-state index contributed by atoms with van der Waals surface area (Å²) >= 11 is 0. The fraction of sp³-hybridized carbons (Fsp3) is 0.560. The third-order valence-electron chi connectivity index (χ3n) is 7.64. The summed E-state index contributed by atoms with van der Waals surface area (Å²) in [6.45, 7) is 0.533. The molecular weight excluding hydrogens is 388 g/mol. The minimum absolute atomic E-state index is 0.0422. The maximum atomic E-state index is 12.7. The summed E-state index contributed by atoms with van der Waals surface area (Å²) in [6, 6.07) is 9.89. The average molecular weight is 421 g/mol. The van der Waals surface area contributed by atoms with Crippen LogP contribution in [-0.2, 0) is 16.1 Å². The lowest BCUT2D eigenvalue weighted by Crippen LogP contribution is -2.48. The molecular formula is C25H32N4O2. The van der Waals surface area contributed by atoms with Crippen molar-refractivity contribution in [2.24, 2.45) is 23.2 Å². The van der Waals surface area contributed by atoms with Crippen molar-refractivity contribution in [2.75, 3.05) is 13.6 Å². The molecule has 4 fully saturated rings. The number of carbonyl (C=O) groups excluding carboxylic acids is 2. The number of likely N-dealkylation sites (N-methyl/N-ethyl adjacent to an activating group) is 1. The number of benzene rings is 1. The number of amides is 2. The Hall–Kier alpha value is -2.63. The highest BCUT2D eigenvalue weighted by Gasteiger charge is 2.51. The smallest absolute Gasteiger partial charge is 0.242 e. The summed E-state index contributed by atoms with van der Waals surface area (Å²) in [5, 5.41) is 7.29. The van der Waals surface area contributed by atoms with Gasteiger partial charge >= 0.3 is 0 Å². The molecule has 31 heavy (non-hydrogen) atoms. The van der Waals surface area contributed by atoms with Gasteiger partial charge in [-0.15, -0.1) is 0 Å². The van der Waals surface area contributed by atoms with Gasteiger partial charge < -0.3 is 10.2 Å². The van der Waals surface area contributed by atoms with Gasteiger partial charge in [-0.3, -0.25) is 9.59 Å². The maximum absolute atomic E-state index is 12.7. The van der Waals surface area contributed by atoms with E-state index < -0.39 is 0 Å². The van der Waals surface area contributed by atoms with Gasteiger partial charge in [-0.2, -0.15) is 5.10 Å². The molecule has 1 N–H and O–H groups in total. The predicted molar refractivity (Wildman–Crippen MR) is 118 cm³/mol. The Balaban J connectivity index is 1.11. The highest BCUT2D eigenvalue weighted by molar-refractivity contribution is 5.84. The van der Waals surface area contributed by atoms with E-state index in [4.69, 9.17) is 0 Å². The standard InChI is InChI=1S/C25H32N4O2/c1-28(16-21-14-27-29(17-21)22-5-3-2-4-6-22)24(31)15-26-23(30)13-25-10-18-7-19(11-25)9-20(8-18)12-25/h2-6,14,17-20H,7-13,15-16H2,1H3,(H,26,30). The number of para-hydroxylation sites is 1. The van der Waals surface area contributed by atoms with Crippen molar-refractivity contribution in [3.05, 3.63) is 48.3 Å². The maximum Gasteiger partial charge on any atom is 0.242 e. The van der Waals surface area contributed by atoms with E-state index in [0.717, 1.165) is 29.0 Å². The van der Waals surface area contributed by atoms with Crippen molar-refractivity contribution in [1.29, 1.82) is 0 Å². The van der Waals surface area contributed by atoms with Crippen LogP contribution >= 0.6 is 0 Å². The van der Waals surface area contributed by atoms with Crippen molar-refractivity contribution in [3.8, 4) is 5.69 Å². The van der Waals surface area contributed by atoms with E-state index in [1.165, 1.54) is 38.5 Å². The summed E-state index contributed by atoms with van der Waals surface area (Å²) in [6.07, 6.45) is 12.1. The molecule has 1 heterocycles. The molecule has 0 spiro atoms. The quantitative estimate of drug-likeness (QED) is 0.745. The van der Waals surface area contributed by atoms with E-state index in [9.17, 15) is 9.59 Å². The third kappa shape index (κ3) is 4.39. The molecule has 4 bridgehead atoms. The number of hydrogen-bond acceptors (Lipinski definition) is 3. The summed E-state index contributed by atoms with van der Waals surface area (Å²) in [7, 11) is 1.77. The summed E-state index contributed by atoms with van der Waals surface area (Å²) < 4.78 is 1.81. The Morgan fingerprint density at radius 2 is 1.74 bits per heavy atom. The predicted octanol–water partition coefficient (Wildman–Crippen LogP) is 3.55. The average Bonchev–Trinajstić information content (AvgIpc) is 3.20. The van der Waals surface area contributed by atoms with Gasteiger partial charge in [0, 0.05) is 31.8 Å². The highest BCUT2D eigenvalue weighted by atomic mass is 16.2. The van der Waals surface area contributed by atoms with E-state index in [-0.39, 0.29) is 23.8 Å². The second-order valence-corrected chi connectivity index (χ2v) is 10.2. The van der Waals surface area contributed by atoms with Gasteiger partial charge in [0.25, 0.3) is 0 Å². The molecule has 4 saturated carbocycles. The van der Waals surface area contributed by atoms with Crippen LogP contribution in [0.2, 0.25) is 0 Å². The minimum atomic E-state index is -0.0775. The first-order valence-electron chi connectivity index (χ1n) is 11.6. The molecule has 4 aliphatic carbocycles. The lowest BCUT2D eigenvalue weighted by Gasteiger charge is -2.56. The molecule has 1 aromatic heterocycles. The number of rotatable bonds is 7. The first-order chi connectivity index (χ1) is 15.0. The van der Waals surface area contributed by atoms with E-state index in [1.807, 2.05) is 36.5 Å². The summed E-state index contributed by atoms with van der Waals surface area (Å²) in [5.74, 6) is 2.47. The van der Waals surface area contributed by atoms with Crippen LogP contribution < -0.4 is 5.32 Å². The first kappa shape index (κ1) is 20.3. The topological polar surface area (TPSA) is 67.2 Å². The van der Waals surface area contributed by atoms with Crippen molar-refractivity contribution in [2.45, 2.75) is 51.5 Å². The lowest BCUT2D eigenvalue weighted by molar-refractivity contribution is -0.135. The molecule has 0 saturated heterocycles. The Kier molecular flexibility index (Phi) is 5.32. The Morgan fingerprint density at radius 1 is 1.10 bits per heavy atom. The SMILES string of the molecule is CN(Cc1cnn(-c2ccccc2)c1)C(=O)CNC(=O)CC12CC3CC(CC(C3)C1)C2. The summed E-state index contributed by atoms with van der Waals surface area (Å²) in [5.41, 5.74) is 2.15. The molecule has 6 heteroatoms. The van der Waals surface area contributed by atoms with Crippen LogP contribution in [0.4, 0.5) is 0 Å². The van der Waals surface area contributed by atoms with Gasteiger partial charge in [-0.1, -0.05) is 18.2 Å². The summed E-state index contributed by atoms with van der Waals surface area (Å²) in [4.78, 5) is 26.9.